The molecule has 5 rings (SSSR count). The lowest BCUT2D eigenvalue weighted by molar-refractivity contribution is 0.000952. The van der Waals surface area contributed by atoms with Crippen molar-refractivity contribution in [2.75, 3.05) is 51.8 Å². The molecule has 11 heteroatoms. The monoisotopic (exact) mass is 587 g/mol. The second-order valence-corrected chi connectivity index (χ2v) is 13.3. The van der Waals surface area contributed by atoms with Crippen molar-refractivity contribution in [3.63, 3.8) is 0 Å². The Morgan fingerprint density at radius 1 is 1.20 bits per heavy atom. The lowest BCUT2D eigenvalue weighted by Gasteiger charge is -2.40. The highest BCUT2D eigenvalue weighted by atomic mass is 35.5. The summed E-state index contributed by atoms with van der Waals surface area (Å²) >= 11 is 6.91. The average molecular weight is 588 g/mol. The molecular weight excluding hydrogens is 549 g/mol. The van der Waals surface area contributed by atoms with E-state index in [4.69, 9.17) is 26.1 Å². The normalized spacial score (nSPS) is 22.3. The van der Waals surface area contributed by atoms with Gasteiger partial charge in [-0.05, 0) is 67.3 Å². The maximum Gasteiger partial charge on any atom is 0.410 e. The molecule has 2 atom stereocenters. The Balaban J connectivity index is 1.60. The van der Waals surface area contributed by atoms with Crippen molar-refractivity contribution in [2.45, 2.75) is 64.3 Å². The summed E-state index contributed by atoms with van der Waals surface area (Å²) in [7, 11) is 4.07. The first-order valence-electron chi connectivity index (χ1n) is 14.0. The third-order valence-corrected chi connectivity index (χ3v) is 8.43. The maximum atomic E-state index is 15.1. The zero-order valence-electron chi connectivity index (χ0n) is 24.8. The zero-order chi connectivity index (χ0) is 29.9. The molecule has 3 aliphatic rings. The molecule has 0 unspecified atom stereocenters. The van der Waals surface area contributed by atoms with Gasteiger partial charge in [0.15, 0.2) is 5.75 Å². The SMILES string of the molecule is CN(C)[C@H]1CN(c2nc(-c3ccccc3F)c(Cl)c3c2C(=O)N2CCN(C(=O)OC(C)(C)C)C[C@@H]2CO3)C(C)(C)C1. The summed E-state index contributed by atoms with van der Waals surface area (Å²) in [6, 6.07) is 6.12. The Morgan fingerprint density at radius 3 is 2.54 bits per heavy atom. The van der Waals surface area contributed by atoms with Gasteiger partial charge in [-0.1, -0.05) is 23.7 Å². The first kappa shape index (κ1) is 29.4. The quantitative estimate of drug-likeness (QED) is 0.505. The number of piperazine rings is 1. The van der Waals surface area contributed by atoms with E-state index in [9.17, 15) is 9.59 Å². The molecule has 0 radical (unpaired) electrons. The van der Waals surface area contributed by atoms with Crippen molar-refractivity contribution in [3.8, 4) is 17.0 Å². The molecule has 222 valence electrons. The number of likely N-dealkylation sites (N-methyl/N-ethyl adjacent to an activating group) is 1. The Labute approximate surface area is 246 Å². The fraction of sp³-hybridized carbons (Fsp3) is 0.567. The second kappa shape index (κ2) is 10.6. The van der Waals surface area contributed by atoms with Crippen LogP contribution < -0.4 is 9.64 Å². The Bertz CT molecular complexity index is 1360. The molecule has 0 bridgehead atoms. The molecule has 0 aliphatic carbocycles. The van der Waals surface area contributed by atoms with Crippen molar-refractivity contribution < 1.29 is 23.5 Å². The summed E-state index contributed by atoms with van der Waals surface area (Å²) in [6.45, 7) is 11.3. The van der Waals surface area contributed by atoms with Crippen LogP contribution in [0.3, 0.4) is 0 Å². The highest BCUT2D eigenvalue weighted by molar-refractivity contribution is 6.35. The van der Waals surface area contributed by atoms with Crippen LogP contribution in [0.1, 0.15) is 51.4 Å². The molecule has 1 aromatic heterocycles. The van der Waals surface area contributed by atoms with Crippen LogP contribution in [0, 0.1) is 5.82 Å². The molecule has 0 saturated carbocycles. The molecule has 9 nitrogen and oxygen atoms in total. The van der Waals surface area contributed by atoms with Gasteiger partial charge < -0.3 is 29.1 Å². The average Bonchev–Trinajstić information content (AvgIpc) is 3.13. The molecule has 2 aromatic rings. The number of aromatic nitrogens is 1. The lowest BCUT2D eigenvalue weighted by atomic mass is 9.99. The number of benzene rings is 1. The van der Waals surface area contributed by atoms with E-state index in [0.717, 1.165) is 6.42 Å². The topological polar surface area (TPSA) is 78.5 Å². The predicted octanol–water partition coefficient (Wildman–Crippen LogP) is 4.91. The van der Waals surface area contributed by atoms with Crippen LogP contribution in [-0.2, 0) is 4.74 Å². The highest BCUT2D eigenvalue weighted by Crippen LogP contribution is 2.47. The minimum atomic E-state index is -0.635. The molecule has 1 aromatic carbocycles. The van der Waals surface area contributed by atoms with Gasteiger partial charge in [-0.3, -0.25) is 4.79 Å². The van der Waals surface area contributed by atoms with Crippen LogP contribution in [-0.4, -0.2) is 102 Å². The van der Waals surface area contributed by atoms with Crippen LogP contribution in [0.15, 0.2) is 24.3 Å². The highest BCUT2D eigenvalue weighted by Gasteiger charge is 2.46. The van der Waals surface area contributed by atoms with Gasteiger partial charge in [-0.2, -0.15) is 0 Å². The van der Waals surface area contributed by atoms with Crippen molar-refractivity contribution in [2.24, 2.45) is 0 Å². The van der Waals surface area contributed by atoms with E-state index in [-0.39, 0.29) is 58.2 Å². The Kier molecular flexibility index (Phi) is 7.61. The molecule has 41 heavy (non-hydrogen) atoms. The summed E-state index contributed by atoms with van der Waals surface area (Å²) in [5.74, 6) is -0.107. The number of carbonyl (C=O) groups is 2. The summed E-state index contributed by atoms with van der Waals surface area (Å²) in [5, 5.41) is 0.0900. The van der Waals surface area contributed by atoms with Gasteiger partial charge in [0.05, 0.1) is 11.7 Å². The fourth-order valence-corrected chi connectivity index (χ4v) is 6.19. The van der Waals surface area contributed by atoms with E-state index in [1.165, 1.54) is 6.07 Å². The van der Waals surface area contributed by atoms with Gasteiger partial charge in [0.2, 0.25) is 0 Å². The molecule has 3 aliphatic heterocycles. The number of halogens is 2. The standard InChI is InChI=1S/C30H39ClFN5O4/c1-29(2,3)41-28(39)35-12-13-36-19(15-35)17-40-25-22(27(36)38)26(37-16-18(34(6)7)14-30(37,4)5)33-24(23(25)31)20-10-8-9-11-21(20)32/h8-11,18-19H,12-17H2,1-7H3/t18-,19-/m1/s1. The van der Waals surface area contributed by atoms with E-state index >= 15 is 4.39 Å². The lowest BCUT2D eigenvalue weighted by Crippen LogP contribution is -2.58. The van der Waals surface area contributed by atoms with Crippen molar-refractivity contribution in [1.82, 2.24) is 19.7 Å². The van der Waals surface area contributed by atoms with Crippen LogP contribution in [0.4, 0.5) is 15.0 Å². The number of rotatable bonds is 3. The fourth-order valence-electron chi connectivity index (χ4n) is 5.89. The molecule has 2 saturated heterocycles. The molecule has 2 fully saturated rings. The van der Waals surface area contributed by atoms with Gasteiger partial charge in [0.25, 0.3) is 5.91 Å². The molecular formula is C30H39ClFN5O4. The van der Waals surface area contributed by atoms with Crippen LogP contribution in [0.25, 0.3) is 11.3 Å². The van der Waals surface area contributed by atoms with Crippen molar-refractivity contribution >= 4 is 29.4 Å². The largest absolute Gasteiger partial charge is 0.489 e. The zero-order valence-corrected chi connectivity index (χ0v) is 25.6. The van der Waals surface area contributed by atoms with E-state index in [1.54, 1.807) is 28.0 Å². The molecule has 0 N–H and O–H groups in total. The number of hydrogen-bond donors (Lipinski definition) is 0. The van der Waals surface area contributed by atoms with Crippen LogP contribution >= 0.6 is 11.6 Å². The predicted molar refractivity (Wildman–Crippen MR) is 156 cm³/mol. The van der Waals surface area contributed by atoms with E-state index < -0.39 is 23.6 Å². The van der Waals surface area contributed by atoms with Crippen LogP contribution in [0.5, 0.6) is 5.75 Å². The number of hydrogen-bond acceptors (Lipinski definition) is 7. The minimum Gasteiger partial charge on any atom is -0.489 e. The number of carbonyl (C=O) groups excluding carboxylic acids is 2. The molecule has 4 heterocycles. The van der Waals surface area contributed by atoms with Crippen LogP contribution in [0.2, 0.25) is 5.02 Å². The van der Waals surface area contributed by atoms with Gasteiger partial charge in [0.1, 0.15) is 34.4 Å². The van der Waals surface area contributed by atoms with Gasteiger partial charge in [0, 0.05) is 43.3 Å². The number of nitrogens with zero attached hydrogens (tertiary/aromatic N) is 5. The third-order valence-electron chi connectivity index (χ3n) is 8.08. The smallest absolute Gasteiger partial charge is 0.410 e. The maximum absolute atomic E-state index is 15.1. The Hall–Kier alpha value is -3.11. The third kappa shape index (κ3) is 5.56. The summed E-state index contributed by atoms with van der Waals surface area (Å²) in [4.78, 5) is 39.7. The first-order chi connectivity index (χ1) is 19.2. The summed E-state index contributed by atoms with van der Waals surface area (Å²) < 4.78 is 27.0. The number of amides is 2. The number of fused-ring (bicyclic) bond motifs is 2. The second-order valence-electron chi connectivity index (χ2n) is 12.9. The number of anilines is 1. The molecule has 0 spiro atoms. The first-order valence-corrected chi connectivity index (χ1v) is 14.4. The minimum absolute atomic E-state index is 0.0900. The Morgan fingerprint density at radius 2 is 1.90 bits per heavy atom. The van der Waals surface area contributed by atoms with E-state index in [0.29, 0.717) is 25.5 Å². The van der Waals surface area contributed by atoms with Gasteiger partial charge in [-0.15, -0.1) is 0 Å². The van der Waals surface area contributed by atoms with Gasteiger partial charge in [-0.25, -0.2) is 14.2 Å². The van der Waals surface area contributed by atoms with Crippen molar-refractivity contribution in [3.05, 3.63) is 40.7 Å². The van der Waals surface area contributed by atoms with E-state index in [1.807, 2.05) is 34.9 Å². The molecule has 2 amide bonds. The summed E-state index contributed by atoms with van der Waals surface area (Å²) in [5.41, 5.74) is -0.250. The van der Waals surface area contributed by atoms with E-state index in [2.05, 4.69) is 23.6 Å². The number of ether oxygens (including phenoxy) is 2. The number of pyridine rings is 1. The van der Waals surface area contributed by atoms with Crippen molar-refractivity contribution in [1.29, 1.82) is 0 Å². The summed E-state index contributed by atoms with van der Waals surface area (Å²) in [6.07, 6.45) is 0.419. The van der Waals surface area contributed by atoms with Gasteiger partial charge >= 0.3 is 6.09 Å².